The number of nitrogens with zero attached hydrogens (tertiary/aromatic N) is 1. The SMILES string of the molecule is CCOc1ccc(NC(=O)[C@@H]2c3ccccc3C(=O)N(C3CCCC3)[C@H]2c2cccs2)cc1. The molecule has 170 valence electrons. The summed E-state index contributed by atoms with van der Waals surface area (Å²) in [6.45, 7) is 2.54. The number of hydrogen-bond donors (Lipinski definition) is 1. The van der Waals surface area contributed by atoms with Crippen molar-refractivity contribution in [1.29, 1.82) is 0 Å². The molecule has 33 heavy (non-hydrogen) atoms. The van der Waals surface area contributed by atoms with Crippen LogP contribution in [0, 0.1) is 0 Å². The van der Waals surface area contributed by atoms with Crippen molar-refractivity contribution in [2.24, 2.45) is 0 Å². The maximum absolute atomic E-state index is 13.8. The van der Waals surface area contributed by atoms with Crippen LogP contribution in [-0.4, -0.2) is 29.4 Å². The Labute approximate surface area is 198 Å². The Hall–Kier alpha value is -3.12. The summed E-state index contributed by atoms with van der Waals surface area (Å²) in [4.78, 5) is 30.6. The first-order valence-electron chi connectivity index (χ1n) is 11.7. The zero-order chi connectivity index (χ0) is 22.8. The summed E-state index contributed by atoms with van der Waals surface area (Å²) < 4.78 is 5.52. The van der Waals surface area contributed by atoms with Crippen LogP contribution in [0.4, 0.5) is 5.69 Å². The van der Waals surface area contributed by atoms with E-state index in [1.165, 1.54) is 0 Å². The smallest absolute Gasteiger partial charge is 0.254 e. The first kappa shape index (κ1) is 21.7. The van der Waals surface area contributed by atoms with Crippen molar-refractivity contribution in [2.45, 2.75) is 50.6 Å². The first-order chi connectivity index (χ1) is 16.2. The van der Waals surface area contributed by atoms with Gasteiger partial charge in [-0.1, -0.05) is 37.1 Å². The molecule has 0 saturated heterocycles. The fourth-order valence-electron chi connectivity index (χ4n) is 5.20. The van der Waals surface area contributed by atoms with Gasteiger partial charge in [-0.05, 0) is 67.1 Å². The Bertz CT molecular complexity index is 1120. The molecule has 2 atom stereocenters. The van der Waals surface area contributed by atoms with Gasteiger partial charge in [-0.15, -0.1) is 11.3 Å². The quantitative estimate of drug-likeness (QED) is 0.490. The van der Waals surface area contributed by atoms with Crippen LogP contribution in [0.25, 0.3) is 0 Å². The fourth-order valence-corrected chi connectivity index (χ4v) is 6.06. The van der Waals surface area contributed by atoms with E-state index in [0.717, 1.165) is 47.6 Å². The summed E-state index contributed by atoms with van der Waals surface area (Å²) in [7, 11) is 0. The Morgan fingerprint density at radius 3 is 2.52 bits per heavy atom. The molecule has 1 aliphatic carbocycles. The Kier molecular flexibility index (Phi) is 6.18. The van der Waals surface area contributed by atoms with Gasteiger partial charge in [0, 0.05) is 22.2 Å². The van der Waals surface area contributed by atoms with Crippen LogP contribution in [0.3, 0.4) is 0 Å². The molecule has 1 aliphatic heterocycles. The average Bonchev–Trinajstić information content (AvgIpc) is 3.55. The molecule has 2 amide bonds. The van der Waals surface area contributed by atoms with Crippen molar-refractivity contribution in [3.05, 3.63) is 82.0 Å². The number of hydrogen-bond acceptors (Lipinski definition) is 4. The molecule has 2 aliphatic rings. The number of thiophene rings is 1. The third-order valence-electron chi connectivity index (χ3n) is 6.64. The molecule has 0 bridgehead atoms. The molecule has 5 rings (SSSR count). The first-order valence-corrected chi connectivity index (χ1v) is 12.5. The highest BCUT2D eigenvalue weighted by Gasteiger charge is 2.47. The highest BCUT2D eigenvalue weighted by Crippen LogP contribution is 2.47. The van der Waals surface area contributed by atoms with E-state index in [9.17, 15) is 9.59 Å². The second-order valence-corrected chi connectivity index (χ2v) is 9.60. The molecule has 2 heterocycles. The normalized spacial score (nSPS) is 20.5. The van der Waals surface area contributed by atoms with Gasteiger partial charge in [0.2, 0.25) is 5.91 Å². The van der Waals surface area contributed by atoms with Crippen molar-refractivity contribution in [1.82, 2.24) is 4.90 Å². The summed E-state index contributed by atoms with van der Waals surface area (Å²) in [5.41, 5.74) is 2.16. The molecule has 3 aromatic rings. The predicted molar refractivity (Wildman–Crippen MR) is 131 cm³/mol. The Balaban J connectivity index is 1.55. The van der Waals surface area contributed by atoms with E-state index in [-0.39, 0.29) is 23.9 Å². The van der Waals surface area contributed by atoms with Crippen LogP contribution in [0.2, 0.25) is 0 Å². The number of carbonyl (C=O) groups excluding carboxylic acids is 2. The number of carbonyl (C=O) groups is 2. The van der Waals surface area contributed by atoms with Crippen molar-refractivity contribution in [3.63, 3.8) is 0 Å². The molecular formula is C27H28N2O3S. The number of fused-ring (bicyclic) bond motifs is 1. The summed E-state index contributed by atoms with van der Waals surface area (Å²) in [5, 5.41) is 5.13. The van der Waals surface area contributed by atoms with E-state index in [1.54, 1.807) is 11.3 Å². The van der Waals surface area contributed by atoms with Gasteiger partial charge in [0.25, 0.3) is 5.91 Å². The van der Waals surface area contributed by atoms with E-state index in [2.05, 4.69) is 11.4 Å². The van der Waals surface area contributed by atoms with E-state index in [0.29, 0.717) is 12.2 Å². The molecule has 0 unspecified atom stereocenters. The number of nitrogens with one attached hydrogen (secondary N) is 1. The highest BCUT2D eigenvalue weighted by molar-refractivity contribution is 7.10. The zero-order valence-corrected chi connectivity index (χ0v) is 19.5. The second-order valence-electron chi connectivity index (χ2n) is 8.62. The lowest BCUT2D eigenvalue weighted by Crippen LogP contribution is -2.49. The van der Waals surface area contributed by atoms with Gasteiger partial charge in [-0.25, -0.2) is 0 Å². The topological polar surface area (TPSA) is 58.6 Å². The predicted octanol–water partition coefficient (Wildman–Crippen LogP) is 6.01. The summed E-state index contributed by atoms with van der Waals surface area (Å²) in [6, 6.07) is 18.9. The van der Waals surface area contributed by atoms with E-state index < -0.39 is 5.92 Å². The van der Waals surface area contributed by atoms with E-state index in [4.69, 9.17) is 4.74 Å². The number of amides is 2. The lowest BCUT2D eigenvalue weighted by Gasteiger charge is -2.44. The van der Waals surface area contributed by atoms with Crippen molar-refractivity contribution >= 4 is 28.8 Å². The van der Waals surface area contributed by atoms with Crippen molar-refractivity contribution in [3.8, 4) is 5.75 Å². The molecule has 5 nitrogen and oxygen atoms in total. The Morgan fingerprint density at radius 1 is 1.06 bits per heavy atom. The average molecular weight is 461 g/mol. The lowest BCUT2D eigenvalue weighted by molar-refractivity contribution is -0.119. The molecule has 1 saturated carbocycles. The fraction of sp³-hybridized carbons (Fsp3) is 0.333. The molecule has 6 heteroatoms. The van der Waals surface area contributed by atoms with Gasteiger partial charge in [-0.3, -0.25) is 9.59 Å². The maximum Gasteiger partial charge on any atom is 0.254 e. The zero-order valence-electron chi connectivity index (χ0n) is 18.7. The van der Waals surface area contributed by atoms with Gasteiger partial charge in [-0.2, -0.15) is 0 Å². The minimum Gasteiger partial charge on any atom is -0.494 e. The third-order valence-corrected chi connectivity index (χ3v) is 7.59. The van der Waals surface area contributed by atoms with Gasteiger partial charge in [0.1, 0.15) is 5.75 Å². The molecule has 0 spiro atoms. The molecule has 1 aromatic heterocycles. The van der Waals surface area contributed by atoms with Crippen molar-refractivity contribution in [2.75, 3.05) is 11.9 Å². The molecular weight excluding hydrogens is 432 g/mol. The third kappa shape index (κ3) is 4.15. The minimum absolute atomic E-state index is 0.0426. The summed E-state index contributed by atoms with van der Waals surface area (Å²) >= 11 is 1.61. The number of benzene rings is 2. The number of rotatable bonds is 6. The summed E-state index contributed by atoms with van der Waals surface area (Å²) in [5.74, 6) is 0.235. The van der Waals surface area contributed by atoms with Crippen LogP contribution in [0.5, 0.6) is 5.75 Å². The van der Waals surface area contributed by atoms with Gasteiger partial charge in [0.05, 0.1) is 18.6 Å². The van der Waals surface area contributed by atoms with E-state index >= 15 is 0 Å². The second kappa shape index (κ2) is 9.40. The van der Waals surface area contributed by atoms with Gasteiger partial charge in [0.15, 0.2) is 0 Å². The van der Waals surface area contributed by atoms with Crippen LogP contribution in [0.1, 0.15) is 65.4 Å². The maximum atomic E-state index is 13.8. The van der Waals surface area contributed by atoms with Gasteiger partial charge < -0.3 is 15.0 Å². The van der Waals surface area contributed by atoms with Crippen LogP contribution >= 0.6 is 11.3 Å². The lowest BCUT2D eigenvalue weighted by atomic mass is 9.80. The molecule has 1 N–H and O–H groups in total. The van der Waals surface area contributed by atoms with Crippen molar-refractivity contribution < 1.29 is 14.3 Å². The standard InChI is InChI=1S/C27H28N2O3S/c1-2-32-20-15-13-18(14-16-20)28-26(30)24-21-10-5-6-11-22(21)27(31)29(19-8-3-4-9-19)25(24)23-12-7-17-33-23/h5-7,10-17,19,24-25H,2-4,8-9H2,1H3,(H,28,30)/t24-,25+/m1/s1. The number of ether oxygens (including phenoxy) is 1. The van der Waals surface area contributed by atoms with Crippen LogP contribution in [0.15, 0.2) is 66.0 Å². The largest absolute Gasteiger partial charge is 0.494 e. The number of anilines is 1. The monoisotopic (exact) mass is 460 g/mol. The molecule has 2 aromatic carbocycles. The van der Waals surface area contributed by atoms with Gasteiger partial charge >= 0.3 is 0 Å². The molecule has 0 radical (unpaired) electrons. The highest BCUT2D eigenvalue weighted by atomic mass is 32.1. The van der Waals surface area contributed by atoms with E-state index in [1.807, 2.05) is 71.8 Å². The minimum atomic E-state index is -0.482. The molecule has 1 fully saturated rings. The van der Waals surface area contributed by atoms with Crippen LogP contribution in [-0.2, 0) is 4.79 Å². The Morgan fingerprint density at radius 2 is 1.82 bits per heavy atom. The van der Waals surface area contributed by atoms with Crippen LogP contribution < -0.4 is 10.1 Å². The summed E-state index contributed by atoms with van der Waals surface area (Å²) in [6.07, 6.45) is 4.22.